The first kappa shape index (κ1) is 35.8. The van der Waals surface area contributed by atoms with E-state index < -0.39 is 29.3 Å². The molecule has 1 aromatic rings. The number of amides is 3. The highest BCUT2D eigenvalue weighted by Crippen LogP contribution is 2.26. The number of benzene rings is 1. The number of nitrogens with one attached hydrogen (secondary N) is 2. The summed E-state index contributed by atoms with van der Waals surface area (Å²) in [5, 5.41) is 5.93. The Morgan fingerprint density at radius 2 is 1.52 bits per heavy atom. The van der Waals surface area contributed by atoms with Crippen LogP contribution in [0.1, 0.15) is 118 Å². The molecule has 1 rings (SSSR count). The highest BCUT2D eigenvalue weighted by atomic mass is 32.2. The summed E-state index contributed by atoms with van der Waals surface area (Å²) in [4.78, 5) is 42.6. The van der Waals surface area contributed by atoms with Crippen molar-refractivity contribution in [2.45, 2.75) is 130 Å². The fourth-order valence-electron chi connectivity index (χ4n) is 4.42. The van der Waals surface area contributed by atoms with Crippen LogP contribution in [0, 0.1) is 0 Å². The molecule has 1 aromatic carbocycles. The standard InChI is InChI=1S/C32H55N3O4S/c1-10-12-13-14-15-16-22-35(29(37)26(21-23-40-9)33-30(38)39-32(6,7)8)27(28(36)34-31(3,4)5)25-19-17-24(11-2)18-20-25/h17-20,26-27H,10-16,21-23H2,1-9H3,(H,33,38)(H,34,36). The molecule has 8 heteroatoms. The van der Waals surface area contributed by atoms with E-state index >= 15 is 0 Å². The summed E-state index contributed by atoms with van der Waals surface area (Å²) in [6, 6.07) is 6.32. The zero-order chi connectivity index (χ0) is 30.3. The van der Waals surface area contributed by atoms with E-state index in [1.54, 1.807) is 37.4 Å². The lowest BCUT2D eigenvalue weighted by Crippen LogP contribution is -2.55. The number of carbonyl (C=O) groups excluding carboxylic acids is 3. The number of thioether (sulfide) groups is 1. The van der Waals surface area contributed by atoms with Crippen molar-refractivity contribution in [3.63, 3.8) is 0 Å². The summed E-state index contributed by atoms with van der Waals surface area (Å²) in [7, 11) is 0. The summed E-state index contributed by atoms with van der Waals surface area (Å²) < 4.78 is 5.49. The maximum absolute atomic E-state index is 14.3. The van der Waals surface area contributed by atoms with Gasteiger partial charge in [0.15, 0.2) is 0 Å². The van der Waals surface area contributed by atoms with Crippen molar-refractivity contribution < 1.29 is 19.1 Å². The molecule has 0 aromatic heterocycles. The number of hydrogen-bond acceptors (Lipinski definition) is 5. The van der Waals surface area contributed by atoms with E-state index in [1.165, 1.54) is 12.8 Å². The van der Waals surface area contributed by atoms with Crippen molar-refractivity contribution in [1.29, 1.82) is 0 Å². The smallest absolute Gasteiger partial charge is 0.408 e. The highest BCUT2D eigenvalue weighted by Gasteiger charge is 2.37. The maximum Gasteiger partial charge on any atom is 0.408 e. The molecule has 2 N–H and O–H groups in total. The van der Waals surface area contributed by atoms with Crippen LogP contribution in [-0.4, -0.2) is 58.5 Å². The van der Waals surface area contributed by atoms with Crippen LogP contribution in [0.4, 0.5) is 4.79 Å². The number of rotatable bonds is 16. The normalized spacial score (nSPS) is 13.3. The summed E-state index contributed by atoms with van der Waals surface area (Å²) >= 11 is 1.61. The molecule has 0 aliphatic carbocycles. The predicted octanol–water partition coefficient (Wildman–Crippen LogP) is 7.04. The van der Waals surface area contributed by atoms with Crippen molar-refractivity contribution in [2.24, 2.45) is 0 Å². The Morgan fingerprint density at radius 3 is 2.05 bits per heavy atom. The molecule has 0 heterocycles. The predicted molar refractivity (Wildman–Crippen MR) is 168 cm³/mol. The third-order valence-corrected chi connectivity index (χ3v) is 7.04. The van der Waals surface area contributed by atoms with Gasteiger partial charge >= 0.3 is 6.09 Å². The van der Waals surface area contributed by atoms with Crippen LogP contribution in [-0.2, 0) is 20.7 Å². The fraction of sp³-hybridized carbons (Fsp3) is 0.719. The molecule has 2 atom stereocenters. The summed E-state index contributed by atoms with van der Waals surface area (Å²) in [6.07, 6.45) is 9.03. The number of ether oxygens (including phenoxy) is 1. The minimum atomic E-state index is -0.814. The van der Waals surface area contributed by atoms with Gasteiger partial charge in [-0.2, -0.15) is 11.8 Å². The van der Waals surface area contributed by atoms with Crippen LogP contribution in [0.2, 0.25) is 0 Å². The second kappa shape index (κ2) is 17.6. The highest BCUT2D eigenvalue weighted by molar-refractivity contribution is 7.98. The molecular weight excluding hydrogens is 522 g/mol. The molecule has 3 amide bonds. The summed E-state index contributed by atoms with van der Waals surface area (Å²) in [6.45, 7) is 15.9. The number of hydrogen-bond donors (Lipinski definition) is 2. The van der Waals surface area contributed by atoms with Gasteiger partial charge in [0.05, 0.1) is 0 Å². The van der Waals surface area contributed by atoms with E-state index in [2.05, 4.69) is 24.5 Å². The number of unbranched alkanes of at least 4 members (excludes halogenated alkanes) is 5. The second-order valence-electron chi connectivity index (χ2n) is 12.5. The Labute approximate surface area is 248 Å². The van der Waals surface area contributed by atoms with Gasteiger partial charge in [-0.25, -0.2) is 4.79 Å². The number of carbonyl (C=O) groups is 3. The van der Waals surface area contributed by atoms with Gasteiger partial charge in [0, 0.05) is 12.1 Å². The first-order valence-corrected chi connectivity index (χ1v) is 16.3. The van der Waals surface area contributed by atoms with Gasteiger partial charge in [-0.15, -0.1) is 0 Å². The van der Waals surface area contributed by atoms with E-state index in [4.69, 9.17) is 4.74 Å². The first-order valence-electron chi connectivity index (χ1n) is 14.9. The molecule has 7 nitrogen and oxygen atoms in total. The average Bonchev–Trinajstić information content (AvgIpc) is 2.85. The van der Waals surface area contributed by atoms with Crippen molar-refractivity contribution in [3.8, 4) is 0 Å². The molecule has 0 aliphatic heterocycles. The Hall–Kier alpha value is -2.22. The largest absolute Gasteiger partial charge is 0.444 e. The van der Waals surface area contributed by atoms with Gasteiger partial charge in [0.1, 0.15) is 17.7 Å². The Bertz CT molecular complexity index is 906. The molecule has 0 aliphatic rings. The topological polar surface area (TPSA) is 87.7 Å². The van der Waals surface area contributed by atoms with Gasteiger partial charge in [-0.1, -0.05) is 70.2 Å². The van der Waals surface area contributed by atoms with Crippen LogP contribution in [0.15, 0.2) is 24.3 Å². The molecule has 0 fully saturated rings. The third-order valence-electron chi connectivity index (χ3n) is 6.40. The second-order valence-corrected chi connectivity index (χ2v) is 13.5. The lowest BCUT2D eigenvalue weighted by atomic mass is 9.98. The van der Waals surface area contributed by atoms with Crippen molar-refractivity contribution in [1.82, 2.24) is 15.5 Å². The molecule has 0 saturated heterocycles. The molecule has 0 bridgehead atoms. The fourth-order valence-corrected chi connectivity index (χ4v) is 4.89. The van der Waals surface area contributed by atoms with Crippen LogP contribution in [0.5, 0.6) is 0 Å². The number of nitrogens with zero attached hydrogens (tertiary/aromatic N) is 1. The average molecular weight is 578 g/mol. The zero-order valence-electron chi connectivity index (χ0n) is 26.5. The molecule has 40 heavy (non-hydrogen) atoms. The van der Waals surface area contributed by atoms with Crippen LogP contribution >= 0.6 is 11.8 Å². The lowest BCUT2D eigenvalue weighted by Gasteiger charge is -2.36. The monoisotopic (exact) mass is 577 g/mol. The van der Waals surface area contributed by atoms with Crippen molar-refractivity contribution >= 4 is 29.7 Å². The minimum Gasteiger partial charge on any atom is -0.444 e. The molecule has 228 valence electrons. The quantitative estimate of drug-likeness (QED) is 0.206. The minimum absolute atomic E-state index is 0.225. The van der Waals surface area contributed by atoms with E-state index in [0.717, 1.165) is 43.2 Å². The Balaban J connectivity index is 3.47. The van der Waals surface area contributed by atoms with E-state index in [9.17, 15) is 14.4 Å². The van der Waals surface area contributed by atoms with Gasteiger partial charge < -0.3 is 20.3 Å². The van der Waals surface area contributed by atoms with E-state index in [-0.39, 0.29) is 11.8 Å². The van der Waals surface area contributed by atoms with Gasteiger partial charge in [-0.3, -0.25) is 9.59 Å². The molecular formula is C32H55N3O4S. The third kappa shape index (κ3) is 13.9. The summed E-state index contributed by atoms with van der Waals surface area (Å²) in [5.41, 5.74) is 0.766. The van der Waals surface area contributed by atoms with Gasteiger partial charge in [0.25, 0.3) is 0 Å². The lowest BCUT2D eigenvalue weighted by molar-refractivity contribution is -0.143. The summed E-state index contributed by atoms with van der Waals surface area (Å²) in [5.74, 6) is 0.195. The van der Waals surface area contributed by atoms with Crippen LogP contribution < -0.4 is 10.6 Å². The van der Waals surface area contributed by atoms with Gasteiger partial charge in [0.2, 0.25) is 11.8 Å². The molecule has 2 unspecified atom stereocenters. The van der Waals surface area contributed by atoms with Crippen molar-refractivity contribution in [3.05, 3.63) is 35.4 Å². The Kier molecular flexibility index (Phi) is 15.7. The maximum atomic E-state index is 14.3. The zero-order valence-corrected chi connectivity index (χ0v) is 27.3. The van der Waals surface area contributed by atoms with Crippen LogP contribution in [0.3, 0.4) is 0 Å². The molecule has 0 radical (unpaired) electrons. The molecule has 0 saturated carbocycles. The SMILES string of the molecule is CCCCCCCCN(C(=O)C(CCSC)NC(=O)OC(C)(C)C)C(C(=O)NC(C)(C)C)c1ccc(CC)cc1. The Morgan fingerprint density at radius 1 is 0.925 bits per heavy atom. The first-order chi connectivity index (χ1) is 18.7. The van der Waals surface area contributed by atoms with Gasteiger partial charge in [-0.05, 0) is 83.9 Å². The van der Waals surface area contributed by atoms with E-state index in [1.807, 2.05) is 51.3 Å². The van der Waals surface area contributed by atoms with E-state index in [0.29, 0.717) is 18.7 Å². The number of alkyl carbamates (subject to hydrolysis) is 1. The molecule has 0 spiro atoms. The van der Waals surface area contributed by atoms with Crippen LogP contribution in [0.25, 0.3) is 0 Å². The van der Waals surface area contributed by atoms with Crippen molar-refractivity contribution in [2.75, 3.05) is 18.6 Å². The number of aryl methyl sites for hydroxylation is 1.